The molecule has 15 heavy (non-hydrogen) atoms. The van der Waals surface area contributed by atoms with Crippen LogP contribution >= 0.6 is 0 Å². The van der Waals surface area contributed by atoms with Crippen LogP contribution in [0.25, 0.3) is 0 Å². The van der Waals surface area contributed by atoms with Crippen molar-refractivity contribution in [2.75, 3.05) is 6.61 Å². The summed E-state index contributed by atoms with van der Waals surface area (Å²) >= 11 is 0. The van der Waals surface area contributed by atoms with Gasteiger partial charge in [0.25, 0.3) is 0 Å². The van der Waals surface area contributed by atoms with Gasteiger partial charge in [-0.2, -0.15) is 0 Å². The molecule has 2 unspecified atom stereocenters. The van der Waals surface area contributed by atoms with Crippen LogP contribution in [0.3, 0.4) is 0 Å². The molecule has 0 amide bonds. The van der Waals surface area contributed by atoms with Gasteiger partial charge in [0.2, 0.25) is 0 Å². The third kappa shape index (κ3) is 4.02. The molecular formula is C12H22O3. The van der Waals surface area contributed by atoms with E-state index in [0.717, 1.165) is 6.42 Å². The van der Waals surface area contributed by atoms with Gasteiger partial charge in [-0.25, -0.2) is 0 Å². The van der Waals surface area contributed by atoms with E-state index in [4.69, 9.17) is 4.74 Å². The van der Waals surface area contributed by atoms with Crippen molar-refractivity contribution >= 4 is 11.8 Å². The van der Waals surface area contributed by atoms with Crippen molar-refractivity contribution < 1.29 is 14.3 Å². The van der Waals surface area contributed by atoms with Crippen molar-refractivity contribution in [1.82, 2.24) is 0 Å². The number of esters is 1. The van der Waals surface area contributed by atoms with Gasteiger partial charge in [0, 0.05) is 5.92 Å². The maximum absolute atomic E-state index is 11.9. The smallest absolute Gasteiger partial charge is 0.316 e. The average molecular weight is 214 g/mol. The molecule has 0 aliphatic rings. The van der Waals surface area contributed by atoms with E-state index in [1.165, 1.54) is 0 Å². The fourth-order valence-corrected chi connectivity index (χ4v) is 1.46. The molecule has 0 aromatic heterocycles. The lowest BCUT2D eigenvalue weighted by Crippen LogP contribution is -2.34. The molecule has 0 saturated carbocycles. The first kappa shape index (κ1) is 14.1. The Morgan fingerprint density at radius 1 is 1.13 bits per heavy atom. The normalized spacial score (nSPS) is 14.8. The van der Waals surface area contributed by atoms with Gasteiger partial charge in [0.1, 0.15) is 11.7 Å². The highest BCUT2D eigenvalue weighted by Crippen LogP contribution is 2.20. The second-order valence-corrected chi connectivity index (χ2v) is 4.19. The van der Waals surface area contributed by atoms with Crippen LogP contribution in [0.1, 0.15) is 41.0 Å². The molecule has 0 N–H and O–H groups in total. The minimum atomic E-state index is -0.597. The largest absolute Gasteiger partial charge is 0.465 e. The Morgan fingerprint density at radius 3 is 2.00 bits per heavy atom. The minimum Gasteiger partial charge on any atom is -0.465 e. The van der Waals surface area contributed by atoms with E-state index in [1.807, 2.05) is 27.7 Å². The molecule has 0 heterocycles. The van der Waals surface area contributed by atoms with E-state index in [-0.39, 0.29) is 23.6 Å². The first-order valence-electron chi connectivity index (χ1n) is 5.65. The van der Waals surface area contributed by atoms with Crippen LogP contribution in [0.15, 0.2) is 0 Å². The molecule has 0 bridgehead atoms. The second kappa shape index (κ2) is 6.59. The van der Waals surface area contributed by atoms with Crippen molar-refractivity contribution in [2.24, 2.45) is 17.8 Å². The summed E-state index contributed by atoms with van der Waals surface area (Å²) in [5.74, 6) is -1.03. The fraction of sp³-hybridized carbons (Fsp3) is 0.833. The lowest BCUT2D eigenvalue weighted by Gasteiger charge is -2.20. The summed E-state index contributed by atoms with van der Waals surface area (Å²) in [5.41, 5.74) is 0. The summed E-state index contributed by atoms with van der Waals surface area (Å²) in [6.45, 7) is 9.64. The number of carbonyl (C=O) groups is 2. The predicted molar refractivity (Wildman–Crippen MR) is 59.4 cm³/mol. The molecule has 0 spiro atoms. The second-order valence-electron chi connectivity index (χ2n) is 4.19. The van der Waals surface area contributed by atoms with Gasteiger partial charge in [-0.05, 0) is 19.3 Å². The zero-order valence-corrected chi connectivity index (χ0v) is 10.4. The van der Waals surface area contributed by atoms with Crippen LogP contribution in [-0.4, -0.2) is 18.4 Å². The number of rotatable bonds is 6. The Kier molecular flexibility index (Phi) is 6.21. The Labute approximate surface area is 92.2 Å². The summed E-state index contributed by atoms with van der Waals surface area (Å²) in [6, 6.07) is 0. The first-order valence-corrected chi connectivity index (χ1v) is 5.65. The Morgan fingerprint density at radius 2 is 1.67 bits per heavy atom. The van der Waals surface area contributed by atoms with Crippen LogP contribution in [0.5, 0.6) is 0 Å². The van der Waals surface area contributed by atoms with E-state index in [9.17, 15) is 9.59 Å². The highest BCUT2D eigenvalue weighted by molar-refractivity contribution is 6.00. The summed E-state index contributed by atoms with van der Waals surface area (Å²) < 4.78 is 4.92. The molecule has 0 saturated heterocycles. The highest BCUT2D eigenvalue weighted by atomic mass is 16.5. The van der Waals surface area contributed by atoms with Gasteiger partial charge in [0.05, 0.1) is 6.61 Å². The molecule has 0 aliphatic carbocycles. The number of carbonyl (C=O) groups excluding carboxylic acids is 2. The van der Waals surface area contributed by atoms with Gasteiger partial charge < -0.3 is 4.74 Å². The molecule has 0 aromatic carbocycles. The van der Waals surface area contributed by atoms with Crippen molar-refractivity contribution in [3.8, 4) is 0 Å². The molecule has 0 aromatic rings. The zero-order valence-electron chi connectivity index (χ0n) is 10.4. The molecular weight excluding hydrogens is 192 g/mol. The number of hydrogen-bond donors (Lipinski definition) is 0. The highest BCUT2D eigenvalue weighted by Gasteiger charge is 2.33. The van der Waals surface area contributed by atoms with Crippen LogP contribution in [0, 0.1) is 17.8 Å². The number of ketones is 1. The SMILES string of the molecule is CCOC(=O)C(C(=O)C(C)CC)C(C)C. The van der Waals surface area contributed by atoms with Gasteiger partial charge in [-0.15, -0.1) is 0 Å². The van der Waals surface area contributed by atoms with Crippen molar-refractivity contribution in [3.63, 3.8) is 0 Å². The summed E-state index contributed by atoms with van der Waals surface area (Å²) in [7, 11) is 0. The minimum absolute atomic E-state index is 0.00514. The maximum atomic E-state index is 11.9. The number of ether oxygens (including phenoxy) is 1. The van der Waals surface area contributed by atoms with Crippen LogP contribution < -0.4 is 0 Å². The third-order valence-electron chi connectivity index (χ3n) is 2.61. The molecule has 0 fully saturated rings. The predicted octanol–water partition coefficient (Wildman–Crippen LogP) is 2.44. The molecule has 2 atom stereocenters. The lowest BCUT2D eigenvalue weighted by atomic mass is 9.85. The van der Waals surface area contributed by atoms with Gasteiger partial charge in [-0.3, -0.25) is 9.59 Å². The van der Waals surface area contributed by atoms with E-state index < -0.39 is 5.92 Å². The molecule has 0 aliphatic heterocycles. The maximum Gasteiger partial charge on any atom is 0.316 e. The lowest BCUT2D eigenvalue weighted by molar-refractivity contribution is -0.154. The van der Waals surface area contributed by atoms with Gasteiger partial charge >= 0.3 is 5.97 Å². The fourth-order valence-electron chi connectivity index (χ4n) is 1.46. The zero-order chi connectivity index (χ0) is 12.0. The van der Waals surface area contributed by atoms with Gasteiger partial charge in [-0.1, -0.05) is 27.7 Å². The Hall–Kier alpha value is -0.860. The van der Waals surface area contributed by atoms with Crippen molar-refractivity contribution in [2.45, 2.75) is 41.0 Å². The molecule has 0 rings (SSSR count). The van der Waals surface area contributed by atoms with Crippen LogP contribution in [-0.2, 0) is 14.3 Å². The molecule has 88 valence electrons. The van der Waals surface area contributed by atoms with E-state index in [2.05, 4.69) is 0 Å². The van der Waals surface area contributed by atoms with Crippen molar-refractivity contribution in [1.29, 1.82) is 0 Å². The third-order valence-corrected chi connectivity index (χ3v) is 2.61. The number of hydrogen-bond acceptors (Lipinski definition) is 3. The quantitative estimate of drug-likeness (QED) is 0.504. The summed E-state index contributed by atoms with van der Waals surface area (Å²) in [4.78, 5) is 23.5. The Bertz CT molecular complexity index is 221. The van der Waals surface area contributed by atoms with Crippen molar-refractivity contribution in [3.05, 3.63) is 0 Å². The topological polar surface area (TPSA) is 43.4 Å². The molecule has 3 nitrogen and oxygen atoms in total. The number of Topliss-reactive ketones (excluding diaryl/α,β-unsaturated/α-hetero) is 1. The monoisotopic (exact) mass is 214 g/mol. The van der Waals surface area contributed by atoms with E-state index >= 15 is 0 Å². The van der Waals surface area contributed by atoms with Gasteiger partial charge in [0.15, 0.2) is 0 Å². The molecule has 3 heteroatoms. The molecule has 0 radical (unpaired) electrons. The average Bonchev–Trinajstić information content (AvgIpc) is 2.16. The van der Waals surface area contributed by atoms with Crippen LogP contribution in [0.2, 0.25) is 0 Å². The summed E-state index contributed by atoms with van der Waals surface area (Å²) in [5, 5.41) is 0. The Balaban J connectivity index is 4.66. The van der Waals surface area contributed by atoms with Crippen LogP contribution in [0.4, 0.5) is 0 Å². The van der Waals surface area contributed by atoms with E-state index in [1.54, 1.807) is 6.92 Å². The standard InChI is InChI=1S/C12H22O3/c1-6-9(5)11(13)10(8(3)4)12(14)15-7-2/h8-10H,6-7H2,1-5H3. The summed E-state index contributed by atoms with van der Waals surface area (Å²) in [6.07, 6.45) is 0.765. The first-order chi connectivity index (χ1) is 6.95. The van der Waals surface area contributed by atoms with E-state index in [0.29, 0.717) is 6.61 Å².